The molecule has 104 valence electrons. The van der Waals surface area contributed by atoms with Gasteiger partial charge in [0.1, 0.15) is 5.82 Å². The minimum Gasteiger partial charge on any atom is -0.464 e. The van der Waals surface area contributed by atoms with Crippen molar-refractivity contribution < 1.29 is 9.53 Å². The first-order valence-electron chi connectivity index (χ1n) is 6.78. The topological polar surface area (TPSA) is 64.1 Å². The smallest absolute Gasteiger partial charge is 0.358 e. The fourth-order valence-electron chi connectivity index (χ4n) is 2.59. The zero-order chi connectivity index (χ0) is 13.8. The molecule has 0 amide bonds. The molecular weight excluding hydrogens is 242 g/mol. The Kier molecular flexibility index (Phi) is 4.35. The number of carbonyl (C=O) groups excluding carboxylic acids is 1. The van der Waals surface area contributed by atoms with Gasteiger partial charge in [-0.2, -0.15) is 0 Å². The molecule has 1 saturated carbocycles. The van der Waals surface area contributed by atoms with E-state index >= 15 is 0 Å². The van der Waals surface area contributed by atoms with Gasteiger partial charge in [0.15, 0.2) is 5.69 Å². The van der Waals surface area contributed by atoms with Crippen LogP contribution in [-0.4, -0.2) is 29.1 Å². The third-order valence-corrected chi connectivity index (χ3v) is 4.09. The molecule has 0 aromatic carbocycles. The molecule has 0 bridgehead atoms. The monoisotopic (exact) mass is 263 g/mol. The first-order valence-corrected chi connectivity index (χ1v) is 6.78. The highest BCUT2D eigenvalue weighted by atomic mass is 16.5. The normalized spacial score (nSPS) is 26.8. The summed E-state index contributed by atoms with van der Waals surface area (Å²) in [7, 11) is 1.33. The lowest BCUT2D eigenvalue weighted by atomic mass is 9.78. The van der Waals surface area contributed by atoms with Crippen molar-refractivity contribution in [2.45, 2.75) is 39.2 Å². The van der Waals surface area contributed by atoms with E-state index in [0.717, 1.165) is 18.2 Å². The Morgan fingerprint density at radius 2 is 2.11 bits per heavy atom. The lowest BCUT2D eigenvalue weighted by Gasteiger charge is -2.34. The van der Waals surface area contributed by atoms with Gasteiger partial charge in [-0.25, -0.2) is 14.8 Å². The van der Waals surface area contributed by atoms with Crippen molar-refractivity contribution in [1.29, 1.82) is 0 Å². The molecule has 1 aromatic heterocycles. The summed E-state index contributed by atoms with van der Waals surface area (Å²) in [6.45, 7) is 4.57. The number of hydrogen-bond donors (Lipinski definition) is 1. The molecule has 19 heavy (non-hydrogen) atoms. The number of anilines is 1. The maximum atomic E-state index is 11.3. The molecule has 0 aliphatic heterocycles. The summed E-state index contributed by atoms with van der Waals surface area (Å²) in [6.07, 6.45) is 6.75. The van der Waals surface area contributed by atoms with Crippen LogP contribution in [0.25, 0.3) is 0 Å². The van der Waals surface area contributed by atoms with Crippen LogP contribution in [0.4, 0.5) is 5.82 Å². The van der Waals surface area contributed by atoms with Gasteiger partial charge in [-0.1, -0.05) is 26.7 Å². The third-order valence-electron chi connectivity index (χ3n) is 4.09. The van der Waals surface area contributed by atoms with Crippen molar-refractivity contribution in [2.75, 3.05) is 12.4 Å². The van der Waals surface area contributed by atoms with Crippen molar-refractivity contribution in [1.82, 2.24) is 9.97 Å². The van der Waals surface area contributed by atoms with E-state index in [2.05, 4.69) is 33.9 Å². The molecular formula is C14H21N3O2. The molecule has 1 aliphatic rings. The lowest BCUT2D eigenvalue weighted by Crippen LogP contribution is -2.35. The van der Waals surface area contributed by atoms with Gasteiger partial charge in [-0.3, -0.25) is 0 Å². The first-order chi connectivity index (χ1) is 9.11. The molecule has 5 heteroatoms. The number of nitrogens with zero attached hydrogens (tertiary/aromatic N) is 2. The van der Waals surface area contributed by atoms with Gasteiger partial charge in [0.05, 0.1) is 19.5 Å². The number of rotatable bonds is 3. The quantitative estimate of drug-likeness (QED) is 0.849. The third kappa shape index (κ3) is 3.22. The number of esters is 1. The highest BCUT2D eigenvalue weighted by Gasteiger charge is 2.27. The van der Waals surface area contributed by atoms with Crippen molar-refractivity contribution >= 4 is 11.8 Å². The van der Waals surface area contributed by atoms with E-state index in [1.165, 1.54) is 26.1 Å². The van der Waals surface area contributed by atoms with E-state index in [0.29, 0.717) is 12.0 Å². The average Bonchev–Trinajstić information content (AvgIpc) is 2.44. The van der Waals surface area contributed by atoms with Gasteiger partial charge in [0, 0.05) is 6.04 Å². The fourth-order valence-corrected chi connectivity index (χ4v) is 2.59. The fraction of sp³-hybridized carbons (Fsp3) is 0.643. The van der Waals surface area contributed by atoms with Crippen molar-refractivity contribution in [3.05, 3.63) is 18.1 Å². The summed E-state index contributed by atoms with van der Waals surface area (Å²) in [5.74, 6) is 1.61. The molecule has 1 heterocycles. The van der Waals surface area contributed by atoms with Gasteiger partial charge < -0.3 is 10.1 Å². The number of nitrogens with one attached hydrogen (secondary N) is 1. The maximum absolute atomic E-state index is 11.3. The molecule has 0 radical (unpaired) electrons. The summed E-state index contributed by atoms with van der Waals surface area (Å²) in [4.78, 5) is 19.6. The van der Waals surface area contributed by atoms with Gasteiger partial charge in [-0.05, 0) is 18.3 Å². The summed E-state index contributed by atoms with van der Waals surface area (Å²) in [5, 5.41) is 3.42. The summed E-state index contributed by atoms with van der Waals surface area (Å²) in [6, 6.07) is 0.432. The standard InChI is InChI=1S/C14H21N3O2/c1-9-5-4-6-11(10(9)2)17-13-8-15-12(7-16-13)14(18)19-3/h7-11H,4-6H2,1-3H3,(H,16,17). The zero-order valence-electron chi connectivity index (χ0n) is 11.7. The predicted octanol–water partition coefficient (Wildman–Crippen LogP) is 2.50. The largest absolute Gasteiger partial charge is 0.464 e. The van der Waals surface area contributed by atoms with Gasteiger partial charge in [0.2, 0.25) is 0 Å². The Bertz CT molecular complexity index is 433. The van der Waals surface area contributed by atoms with E-state index < -0.39 is 5.97 Å². The molecule has 1 fully saturated rings. The van der Waals surface area contributed by atoms with Crippen LogP contribution in [0.15, 0.2) is 12.4 Å². The molecule has 0 saturated heterocycles. The van der Waals surface area contributed by atoms with E-state index in [9.17, 15) is 4.79 Å². The highest BCUT2D eigenvalue weighted by molar-refractivity contribution is 5.86. The van der Waals surface area contributed by atoms with Crippen LogP contribution >= 0.6 is 0 Å². The van der Waals surface area contributed by atoms with E-state index in [4.69, 9.17) is 0 Å². The van der Waals surface area contributed by atoms with Crippen molar-refractivity contribution in [2.24, 2.45) is 11.8 Å². The summed E-state index contributed by atoms with van der Waals surface area (Å²) >= 11 is 0. The number of hydrogen-bond acceptors (Lipinski definition) is 5. The van der Waals surface area contributed by atoms with E-state index in [-0.39, 0.29) is 5.69 Å². The number of ether oxygens (including phenoxy) is 1. The van der Waals surface area contributed by atoms with Crippen LogP contribution in [-0.2, 0) is 4.74 Å². The van der Waals surface area contributed by atoms with Gasteiger partial charge >= 0.3 is 5.97 Å². The Morgan fingerprint density at radius 1 is 1.32 bits per heavy atom. The Morgan fingerprint density at radius 3 is 2.74 bits per heavy atom. The second kappa shape index (κ2) is 5.99. The average molecular weight is 263 g/mol. The van der Waals surface area contributed by atoms with Crippen molar-refractivity contribution in [3.63, 3.8) is 0 Å². The number of carbonyl (C=O) groups is 1. The van der Waals surface area contributed by atoms with Gasteiger partial charge in [0.25, 0.3) is 0 Å². The minimum absolute atomic E-state index is 0.234. The molecule has 0 spiro atoms. The minimum atomic E-state index is -0.460. The molecule has 1 aliphatic carbocycles. The van der Waals surface area contributed by atoms with E-state index in [1.54, 1.807) is 6.20 Å². The molecule has 5 nitrogen and oxygen atoms in total. The molecule has 3 unspecified atom stereocenters. The lowest BCUT2D eigenvalue weighted by molar-refractivity contribution is 0.0593. The Labute approximate surface area is 113 Å². The SMILES string of the molecule is COC(=O)c1cnc(NC2CCCC(C)C2C)cn1. The molecule has 1 aromatic rings. The highest BCUT2D eigenvalue weighted by Crippen LogP contribution is 2.31. The number of aromatic nitrogens is 2. The summed E-state index contributed by atoms with van der Waals surface area (Å²) in [5.41, 5.74) is 0.234. The van der Waals surface area contributed by atoms with Crippen LogP contribution in [0, 0.1) is 11.8 Å². The molecule has 3 atom stereocenters. The van der Waals surface area contributed by atoms with Crippen molar-refractivity contribution in [3.8, 4) is 0 Å². The second-order valence-electron chi connectivity index (χ2n) is 5.30. The predicted molar refractivity (Wildman–Crippen MR) is 73.0 cm³/mol. The Hall–Kier alpha value is -1.65. The zero-order valence-corrected chi connectivity index (χ0v) is 11.7. The summed E-state index contributed by atoms with van der Waals surface area (Å²) < 4.78 is 4.60. The van der Waals surface area contributed by atoms with Crippen LogP contribution in [0.1, 0.15) is 43.6 Å². The van der Waals surface area contributed by atoms with Crippen LogP contribution < -0.4 is 5.32 Å². The Balaban J connectivity index is 2.01. The first kappa shape index (κ1) is 13.8. The molecule has 1 N–H and O–H groups in total. The van der Waals surface area contributed by atoms with Crippen LogP contribution in [0.3, 0.4) is 0 Å². The molecule has 2 rings (SSSR count). The maximum Gasteiger partial charge on any atom is 0.358 e. The second-order valence-corrected chi connectivity index (χ2v) is 5.30. The van der Waals surface area contributed by atoms with Crippen LogP contribution in [0.2, 0.25) is 0 Å². The van der Waals surface area contributed by atoms with E-state index in [1.807, 2.05) is 0 Å². The van der Waals surface area contributed by atoms with Crippen LogP contribution in [0.5, 0.6) is 0 Å². The van der Waals surface area contributed by atoms with Gasteiger partial charge in [-0.15, -0.1) is 0 Å². The number of methoxy groups -OCH3 is 1.